The van der Waals surface area contributed by atoms with E-state index in [-0.39, 0.29) is 40.6 Å². The fourth-order valence-electron chi connectivity index (χ4n) is 2.81. The van der Waals surface area contributed by atoms with E-state index >= 15 is 0 Å². The molecule has 5 heteroatoms. The Hall–Kier alpha value is -0.390. The molecule has 0 amide bonds. The molecule has 1 fully saturated rings. The van der Waals surface area contributed by atoms with Crippen molar-refractivity contribution in [3.8, 4) is 0 Å². The van der Waals surface area contributed by atoms with Crippen molar-refractivity contribution >= 4 is 50.4 Å². The smallest absolute Gasteiger partial charge is 0.263 e. The van der Waals surface area contributed by atoms with E-state index in [0.717, 1.165) is 36.5 Å². The molecule has 1 aliphatic carbocycles. The summed E-state index contributed by atoms with van der Waals surface area (Å²) in [6.45, 7) is 0. The molecule has 0 atom stereocenters. The molecule has 2 aromatic carbocycles. The van der Waals surface area contributed by atoms with Gasteiger partial charge in [-0.3, -0.25) is 4.18 Å². The van der Waals surface area contributed by atoms with E-state index in [0.29, 0.717) is 0 Å². The van der Waals surface area contributed by atoms with Crippen LogP contribution in [0.15, 0.2) is 47.4 Å². The molecule has 0 spiro atoms. The van der Waals surface area contributed by atoms with Crippen molar-refractivity contribution in [2.45, 2.75) is 43.1 Å². The van der Waals surface area contributed by atoms with Crippen LogP contribution in [0.4, 0.5) is 0 Å². The van der Waals surface area contributed by atoms with Gasteiger partial charge < -0.3 is 0 Å². The maximum Gasteiger partial charge on any atom is 0.297 e. The molecule has 1 saturated carbocycles. The van der Waals surface area contributed by atoms with Gasteiger partial charge in [0.2, 0.25) is 0 Å². The van der Waals surface area contributed by atoms with Crippen LogP contribution in [0.2, 0.25) is 0 Å². The third-order valence-electron chi connectivity index (χ3n) is 3.83. The summed E-state index contributed by atoms with van der Waals surface area (Å²) < 4.78 is 30.4. The Morgan fingerprint density at radius 1 is 0.905 bits per heavy atom. The van der Waals surface area contributed by atoms with Gasteiger partial charge in [0.25, 0.3) is 10.1 Å². The summed E-state index contributed by atoms with van der Waals surface area (Å²) in [5, 5.41) is 1.65. The van der Waals surface area contributed by atoms with Crippen LogP contribution in [0, 0.1) is 0 Å². The second kappa shape index (κ2) is 7.25. The average Bonchev–Trinajstić information content (AvgIpc) is 2.47. The number of hydrogen-bond donors (Lipinski definition) is 0. The maximum absolute atomic E-state index is 12.5. The first-order chi connectivity index (χ1) is 9.67. The fraction of sp³-hybridized carbons (Fsp3) is 0.375. The molecule has 1 radical (unpaired) electrons. The van der Waals surface area contributed by atoms with Gasteiger partial charge in [0.1, 0.15) is 4.90 Å². The van der Waals surface area contributed by atoms with Gasteiger partial charge in [-0.15, -0.1) is 0 Å². The van der Waals surface area contributed by atoms with Crippen LogP contribution in [0.1, 0.15) is 32.1 Å². The zero-order chi connectivity index (χ0) is 14.0. The third kappa shape index (κ3) is 3.88. The summed E-state index contributed by atoms with van der Waals surface area (Å²) in [4.78, 5) is 0.279. The quantitative estimate of drug-likeness (QED) is 0.643. The minimum absolute atomic E-state index is 0. The van der Waals surface area contributed by atoms with Crippen LogP contribution in [-0.2, 0) is 14.3 Å². The van der Waals surface area contributed by atoms with Crippen LogP contribution < -0.4 is 0 Å². The van der Waals surface area contributed by atoms with Gasteiger partial charge in [-0.2, -0.15) is 8.42 Å². The van der Waals surface area contributed by atoms with Gasteiger partial charge in [-0.25, -0.2) is 0 Å². The minimum atomic E-state index is -3.69. The summed E-state index contributed by atoms with van der Waals surface area (Å²) in [6, 6.07) is 12.8. The van der Waals surface area contributed by atoms with Crippen LogP contribution in [-0.4, -0.2) is 44.1 Å². The number of hydrogen-bond acceptors (Lipinski definition) is 3. The van der Waals surface area contributed by atoms with E-state index in [4.69, 9.17) is 4.18 Å². The predicted octanol–water partition coefficient (Wildman–Crippen LogP) is 3.50. The van der Waals surface area contributed by atoms with Crippen LogP contribution >= 0.6 is 0 Å². The SMILES string of the molecule is O=S(=O)(OC1CCCCC1)c1cccc2ccccc12.[Na]. The maximum atomic E-state index is 12.5. The molecular formula is C16H18NaO3S. The summed E-state index contributed by atoms with van der Waals surface area (Å²) >= 11 is 0. The first-order valence-electron chi connectivity index (χ1n) is 7.08. The molecule has 0 N–H and O–H groups in total. The average molecular weight is 313 g/mol. The molecule has 0 bridgehead atoms. The zero-order valence-electron chi connectivity index (χ0n) is 12.3. The van der Waals surface area contributed by atoms with E-state index in [1.54, 1.807) is 12.1 Å². The molecule has 3 rings (SSSR count). The van der Waals surface area contributed by atoms with Gasteiger partial charge in [0.15, 0.2) is 0 Å². The molecule has 107 valence electrons. The summed E-state index contributed by atoms with van der Waals surface area (Å²) in [5.74, 6) is 0. The van der Waals surface area contributed by atoms with Crippen molar-refractivity contribution in [3.05, 3.63) is 42.5 Å². The topological polar surface area (TPSA) is 43.4 Å². The number of fused-ring (bicyclic) bond motifs is 1. The minimum Gasteiger partial charge on any atom is -0.263 e. The van der Waals surface area contributed by atoms with Crippen LogP contribution in [0.5, 0.6) is 0 Å². The Morgan fingerprint density at radius 2 is 1.57 bits per heavy atom. The van der Waals surface area contributed by atoms with Crippen molar-refractivity contribution in [1.29, 1.82) is 0 Å². The largest absolute Gasteiger partial charge is 0.297 e. The predicted molar refractivity (Wildman–Crippen MR) is 84.8 cm³/mol. The van der Waals surface area contributed by atoms with Gasteiger partial charge in [0, 0.05) is 34.9 Å². The van der Waals surface area contributed by atoms with E-state index in [1.165, 1.54) is 6.42 Å². The van der Waals surface area contributed by atoms with Gasteiger partial charge in [-0.05, 0) is 24.3 Å². The number of benzene rings is 2. The molecule has 3 nitrogen and oxygen atoms in total. The van der Waals surface area contributed by atoms with E-state index in [2.05, 4.69) is 0 Å². The Bertz CT molecular complexity index is 701. The van der Waals surface area contributed by atoms with Crippen molar-refractivity contribution in [2.75, 3.05) is 0 Å². The summed E-state index contributed by atoms with van der Waals surface area (Å²) in [5.41, 5.74) is 0. The van der Waals surface area contributed by atoms with E-state index in [9.17, 15) is 8.42 Å². The van der Waals surface area contributed by atoms with Gasteiger partial charge in [-0.1, -0.05) is 55.7 Å². The van der Waals surface area contributed by atoms with Crippen molar-refractivity contribution in [2.24, 2.45) is 0 Å². The Morgan fingerprint density at radius 3 is 2.33 bits per heavy atom. The first kappa shape index (κ1) is 17.0. The molecule has 0 unspecified atom stereocenters. The normalized spacial score (nSPS) is 16.6. The molecular weight excluding hydrogens is 295 g/mol. The Balaban J connectivity index is 0.00000161. The van der Waals surface area contributed by atoms with E-state index in [1.807, 2.05) is 30.3 Å². The van der Waals surface area contributed by atoms with Crippen molar-refractivity contribution < 1.29 is 12.6 Å². The van der Waals surface area contributed by atoms with Gasteiger partial charge >= 0.3 is 0 Å². The van der Waals surface area contributed by atoms with Crippen molar-refractivity contribution in [1.82, 2.24) is 0 Å². The Labute approximate surface area is 148 Å². The number of rotatable bonds is 3. The first-order valence-corrected chi connectivity index (χ1v) is 8.49. The monoisotopic (exact) mass is 313 g/mol. The molecule has 2 aromatic rings. The molecule has 0 aromatic heterocycles. The van der Waals surface area contributed by atoms with Gasteiger partial charge in [0.05, 0.1) is 6.10 Å². The third-order valence-corrected chi connectivity index (χ3v) is 5.25. The molecule has 0 heterocycles. The zero-order valence-corrected chi connectivity index (χ0v) is 15.1. The fourth-order valence-corrected chi connectivity index (χ4v) is 4.16. The molecule has 1 aliphatic rings. The van der Waals surface area contributed by atoms with Crippen LogP contribution in [0.25, 0.3) is 10.8 Å². The van der Waals surface area contributed by atoms with Crippen molar-refractivity contribution in [3.63, 3.8) is 0 Å². The second-order valence-electron chi connectivity index (χ2n) is 5.29. The summed E-state index contributed by atoms with van der Waals surface area (Å²) in [7, 11) is -3.69. The molecule has 0 aliphatic heterocycles. The molecule has 21 heavy (non-hydrogen) atoms. The Kier molecular flexibility index (Phi) is 5.86. The summed E-state index contributed by atoms with van der Waals surface area (Å²) in [6.07, 6.45) is 4.79. The molecule has 0 saturated heterocycles. The van der Waals surface area contributed by atoms with Crippen LogP contribution in [0.3, 0.4) is 0 Å². The van der Waals surface area contributed by atoms with E-state index < -0.39 is 10.1 Å². The standard InChI is InChI=1S/C16H18O3S.Na/c17-20(18,19-14-9-2-1-3-10-14)16-12-6-8-13-7-4-5-11-15(13)16;/h4-8,11-12,14H,1-3,9-10H2;. The second-order valence-corrected chi connectivity index (χ2v) is 6.83.